The topological polar surface area (TPSA) is 200 Å². The fraction of sp³-hybridized carbons (Fsp3) is 0.559. The molecule has 0 radical (unpaired) electrons. The minimum atomic E-state index is -1.10. The van der Waals surface area contributed by atoms with Gasteiger partial charge in [-0.2, -0.15) is 0 Å². The molecule has 88 heavy (non-hydrogen) atoms. The third-order valence-corrected chi connectivity index (χ3v) is 18.4. The summed E-state index contributed by atoms with van der Waals surface area (Å²) in [6.07, 6.45) is 11.6. The Morgan fingerprint density at radius 2 is 1.03 bits per heavy atom. The van der Waals surface area contributed by atoms with Gasteiger partial charge < -0.3 is 60.2 Å². The van der Waals surface area contributed by atoms with Crippen molar-refractivity contribution in [2.24, 2.45) is 11.8 Å². The summed E-state index contributed by atoms with van der Waals surface area (Å²) in [5, 5.41) is 35.7. The van der Waals surface area contributed by atoms with Crippen LogP contribution in [0.15, 0.2) is 84.9 Å². The lowest BCUT2D eigenvalue weighted by atomic mass is 9.98. The molecule has 4 aliphatic heterocycles. The molecule has 10 rings (SSSR count). The van der Waals surface area contributed by atoms with E-state index in [1.165, 1.54) is 24.3 Å². The van der Waals surface area contributed by atoms with Crippen molar-refractivity contribution in [3.63, 3.8) is 0 Å². The highest BCUT2D eigenvalue weighted by Crippen LogP contribution is 2.44. The van der Waals surface area contributed by atoms with E-state index in [9.17, 15) is 47.0 Å². The van der Waals surface area contributed by atoms with E-state index in [4.69, 9.17) is 18.9 Å². The standard InChI is InChI=1S/C34H45F2N3O5.C34H43F2N3O5/c2*1-3-4-7-22-11-12-39(34(22)42)30-8-5-6-13-44-32-19-28(27-18-25(43-2)9-10-26(27)32)37-20-31(40)29(38-33(30)41)16-21-14-23(35)17-24(36)15-21/h9-10,14-15,17-18,22,28-32,37,40H,3-8,11-13,16,19-20H2,1-2H3,(H,38,41);5-6,9-10,14-15,17-18,22,28-32,37,40H,3-4,7-8,11-13,16,19-20H2,1-2H3,(H,38,41)/t2*22-,28-,29-,30-,31+,32+/m00/s1. The average Bonchev–Trinajstić information content (AvgIpc) is 3.02. The van der Waals surface area contributed by atoms with Gasteiger partial charge in [-0.3, -0.25) is 19.2 Å². The summed E-state index contributed by atoms with van der Waals surface area (Å²) in [5.41, 5.74) is 4.79. The molecule has 12 atom stereocenters. The Morgan fingerprint density at radius 1 is 0.568 bits per heavy atom. The van der Waals surface area contributed by atoms with Crippen LogP contribution in [-0.2, 0) is 41.5 Å². The summed E-state index contributed by atoms with van der Waals surface area (Å²) in [6.45, 7) is 6.23. The molecular formula is C68H88F4N6O10. The van der Waals surface area contributed by atoms with Crippen LogP contribution in [0.4, 0.5) is 17.6 Å². The maximum Gasteiger partial charge on any atom is 0.243 e. The highest BCUT2D eigenvalue weighted by atomic mass is 19.1. The molecule has 4 aromatic carbocycles. The maximum atomic E-state index is 14.1. The van der Waals surface area contributed by atoms with Gasteiger partial charge in [0, 0.05) is 68.8 Å². The molecule has 0 aromatic heterocycles. The van der Waals surface area contributed by atoms with E-state index in [1.807, 2.05) is 48.6 Å². The lowest BCUT2D eigenvalue weighted by molar-refractivity contribution is -0.140. The predicted octanol–water partition coefficient (Wildman–Crippen LogP) is 9.27. The molecule has 6 aliphatic rings. The van der Waals surface area contributed by atoms with Crippen molar-refractivity contribution in [2.75, 3.05) is 53.6 Å². The van der Waals surface area contributed by atoms with Crippen molar-refractivity contribution < 1.29 is 65.9 Å². The van der Waals surface area contributed by atoms with E-state index in [0.717, 1.165) is 91.5 Å². The minimum absolute atomic E-state index is 0.000288. The summed E-state index contributed by atoms with van der Waals surface area (Å²) >= 11 is 0. The largest absolute Gasteiger partial charge is 0.497 e. The lowest BCUT2D eigenvalue weighted by Crippen LogP contribution is -2.55. The Kier molecular flexibility index (Phi) is 23.5. The van der Waals surface area contributed by atoms with Crippen molar-refractivity contribution in [2.45, 2.75) is 177 Å². The quantitative estimate of drug-likeness (QED) is 0.0518. The number of methoxy groups -OCH3 is 2. The number of benzene rings is 4. The number of nitrogens with one attached hydrogen (secondary N) is 4. The van der Waals surface area contributed by atoms with Crippen LogP contribution >= 0.6 is 0 Å². The van der Waals surface area contributed by atoms with Gasteiger partial charge >= 0.3 is 0 Å². The number of carbonyl (C=O) groups is 4. The van der Waals surface area contributed by atoms with Crippen LogP contribution in [0.25, 0.3) is 0 Å². The summed E-state index contributed by atoms with van der Waals surface area (Å²) in [4.78, 5) is 57.9. The van der Waals surface area contributed by atoms with E-state index in [2.05, 4.69) is 35.1 Å². The zero-order valence-corrected chi connectivity index (χ0v) is 51.1. The molecule has 6 N–H and O–H groups in total. The smallest absolute Gasteiger partial charge is 0.243 e. The van der Waals surface area contributed by atoms with E-state index < -0.39 is 65.6 Å². The molecule has 4 heterocycles. The van der Waals surface area contributed by atoms with Crippen LogP contribution in [0.1, 0.15) is 161 Å². The summed E-state index contributed by atoms with van der Waals surface area (Å²) in [5.74, 6) is -2.47. The number of hydrogen-bond donors (Lipinski definition) is 6. The van der Waals surface area contributed by atoms with Crippen molar-refractivity contribution in [3.8, 4) is 11.5 Å². The Labute approximate surface area is 514 Å². The predicted molar refractivity (Wildman–Crippen MR) is 324 cm³/mol. The SMILES string of the molecule is CCCC[C@H]1CCN([C@H]2CC=CCO[C@@H]3C[C@H](NC[C@@H](O)[C@H](Cc4cc(F)cc(F)c4)NC2=O)c2cc(OC)ccc23)C1=O.CCCC[C@H]1CCN([C@H]2CCCCO[C@@H]3C[C@H](NC[C@@H](O)[C@H](Cc4cc(F)cc(F)c4)NC2=O)c2cc(OC)ccc23)C1=O. The number of aliphatic hydroxyl groups is 2. The fourth-order valence-electron chi connectivity index (χ4n) is 13.6. The first-order valence-electron chi connectivity index (χ1n) is 31.7. The number of likely N-dealkylation sites (tertiary alicyclic amines) is 2. The molecule has 4 bridgehead atoms. The van der Waals surface area contributed by atoms with Crippen molar-refractivity contribution in [1.29, 1.82) is 0 Å². The number of halogens is 4. The van der Waals surface area contributed by atoms with Gasteiger partial charge in [-0.1, -0.05) is 63.8 Å². The molecule has 478 valence electrons. The second-order valence-electron chi connectivity index (χ2n) is 24.4. The number of hydrogen-bond acceptors (Lipinski definition) is 12. The molecule has 0 spiro atoms. The third-order valence-electron chi connectivity index (χ3n) is 18.4. The van der Waals surface area contributed by atoms with Gasteiger partial charge in [0.05, 0.1) is 57.3 Å². The number of amides is 4. The Balaban J connectivity index is 0.000000209. The van der Waals surface area contributed by atoms with Crippen LogP contribution in [0, 0.1) is 35.1 Å². The molecule has 16 nitrogen and oxygen atoms in total. The number of β-amino-alcohol motifs (C(OH)–C–C–N with tert-alkyl or cyclic N) is 2. The van der Waals surface area contributed by atoms with Crippen LogP contribution in [0.3, 0.4) is 0 Å². The van der Waals surface area contributed by atoms with Gasteiger partial charge in [-0.25, -0.2) is 17.6 Å². The lowest BCUT2D eigenvalue weighted by Gasteiger charge is -2.31. The number of carbonyl (C=O) groups excluding carboxylic acids is 4. The number of nitrogens with zero attached hydrogens (tertiary/aromatic N) is 2. The number of rotatable bonds is 14. The zero-order valence-electron chi connectivity index (χ0n) is 51.1. The van der Waals surface area contributed by atoms with Crippen LogP contribution in [0.5, 0.6) is 11.5 Å². The van der Waals surface area contributed by atoms with Crippen molar-refractivity contribution in [1.82, 2.24) is 31.1 Å². The van der Waals surface area contributed by atoms with E-state index in [-0.39, 0.29) is 86.2 Å². The second kappa shape index (κ2) is 31.4. The van der Waals surface area contributed by atoms with Gasteiger partial charge in [0.1, 0.15) is 46.9 Å². The van der Waals surface area contributed by atoms with Crippen LogP contribution in [0.2, 0.25) is 0 Å². The highest BCUT2D eigenvalue weighted by Gasteiger charge is 2.42. The van der Waals surface area contributed by atoms with Crippen LogP contribution < -0.4 is 30.7 Å². The molecule has 20 heteroatoms. The van der Waals surface area contributed by atoms with E-state index in [0.29, 0.717) is 75.3 Å². The number of aliphatic hydroxyl groups excluding tert-OH is 2. The molecule has 2 aliphatic carbocycles. The third kappa shape index (κ3) is 16.7. The van der Waals surface area contributed by atoms with Gasteiger partial charge in [-0.15, -0.1) is 0 Å². The number of unbranched alkanes of at least 4 members (excludes halogenated alkanes) is 2. The number of fused-ring (bicyclic) bond motifs is 10. The zero-order chi connectivity index (χ0) is 62.4. The Bertz CT molecular complexity index is 3020. The first-order chi connectivity index (χ1) is 42.5. The first kappa shape index (κ1) is 66.0. The van der Waals surface area contributed by atoms with Crippen LogP contribution in [-0.4, -0.2) is 134 Å². The summed E-state index contributed by atoms with van der Waals surface area (Å²) < 4.78 is 79.9. The number of ether oxygens (including phenoxy) is 4. The maximum absolute atomic E-state index is 14.1. The molecule has 3 saturated heterocycles. The van der Waals surface area contributed by atoms with Crippen molar-refractivity contribution in [3.05, 3.63) is 142 Å². The molecule has 0 saturated carbocycles. The fourth-order valence-corrected chi connectivity index (χ4v) is 13.6. The van der Waals surface area contributed by atoms with E-state index >= 15 is 0 Å². The molecule has 4 amide bonds. The molecule has 4 aromatic rings. The van der Waals surface area contributed by atoms with Crippen molar-refractivity contribution >= 4 is 23.6 Å². The minimum Gasteiger partial charge on any atom is -0.497 e. The van der Waals surface area contributed by atoms with Gasteiger partial charge in [0.25, 0.3) is 0 Å². The van der Waals surface area contributed by atoms with Gasteiger partial charge in [0.2, 0.25) is 23.6 Å². The molecule has 0 unspecified atom stereocenters. The average molecular weight is 1230 g/mol. The normalized spacial score (nSPS) is 28.1. The molecule has 3 fully saturated rings. The Hall–Kier alpha value is -6.42. The molecular weight excluding hydrogens is 1140 g/mol. The Morgan fingerprint density at radius 3 is 1.51 bits per heavy atom. The van der Waals surface area contributed by atoms with E-state index in [1.54, 1.807) is 24.0 Å². The first-order valence-corrected chi connectivity index (χ1v) is 31.7. The van der Waals surface area contributed by atoms with Gasteiger partial charge in [-0.05, 0) is 159 Å². The monoisotopic (exact) mass is 1220 g/mol. The summed E-state index contributed by atoms with van der Waals surface area (Å²) in [6, 6.07) is 14.7. The second-order valence-corrected chi connectivity index (χ2v) is 24.4. The highest BCUT2D eigenvalue weighted by molar-refractivity contribution is 5.91. The summed E-state index contributed by atoms with van der Waals surface area (Å²) in [7, 11) is 3.23. The van der Waals surface area contributed by atoms with Gasteiger partial charge in [0.15, 0.2) is 0 Å².